The second-order valence-corrected chi connectivity index (χ2v) is 8.69. The third kappa shape index (κ3) is 5.07. The molecule has 1 saturated heterocycles. The molecule has 0 amide bonds. The normalized spacial score (nSPS) is 17.6. The monoisotopic (exact) mass is 390 g/mol. The van der Waals surface area contributed by atoms with E-state index >= 15 is 0 Å². The van der Waals surface area contributed by atoms with Crippen molar-refractivity contribution >= 4 is 10.0 Å². The highest BCUT2D eigenvalue weighted by Gasteiger charge is 2.28. The molecule has 0 aromatic heterocycles. The highest BCUT2D eigenvalue weighted by atomic mass is 32.2. The maximum atomic E-state index is 12.6. The molecular weight excluding hydrogens is 364 g/mol. The molecule has 1 aliphatic rings. The number of rotatable bonds is 7. The lowest BCUT2D eigenvalue weighted by Crippen LogP contribution is -2.50. The fraction of sp³-hybridized carbons (Fsp3) is 0.400. The van der Waals surface area contributed by atoms with Crippen molar-refractivity contribution in [3.63, 3.8) is 0 Å². The largest absolute Gasteiger partial charge is 0.491 e. The van der Waals surface area contributed by atoms with Gasteiger partial charge in [0.2, 0.25) is 10.0 Å². The van der Waals surface area contributed by atoms with E-state index in [1.165, 1.54) is 4.31 Å². The first-order valence-electron chi connectivity index (χ1n) is 9.11. The average molecular weight is 391 g/mol. The number of ether oxygens (including phenoxy) is 1. The van der Waals surface area contributed by atoms with E-state index in [1.54, 1.807) is 30.3 Å². The van der Waals surface area contributed by atoms with Gasteiger partial charge in [0.05, 0.1) is 4.90 Å². The van der Waals surface area contributed by atoms with Gasteiger partial charge in [0.25, 0.3) is 0 Å². The molecular formula is C20H26N2O4S. The molecule has 1 unspecified atom stereocenters. The number of hydrogen-bond donors (Lipinski definition) is 1. The van der Waals surface area contributed by atoms with E-state index in [0.29, 0.717) is 37.6 Å². The number of aryl methyl sites for hydroxylation is 1. The zero-order chi connectivity index (χ0) is 19.3. The molecule has 1 heterocycles. The van der Waals surface area contributed by atoms with Crippen molar-refractivity contribution in [2.24, 2.45) is 0 Å². The summed E-state index contributed by atoms with van der Waals surface area (Å²) in [4.78, 5) is 2.40. The second-order valence-electron chi connectivity index (χ2n) is 6.75. The van der Waals surface area contributed by atoms with Crippen LogP contribution in [0, 0.1) is 6.92 Å². The van der Waals surface area contributed by atoms with Crippen molar-refractivity contribution in [3.8, 4) is 5.75 Å². The maximum Gasteiger partial charge on any atom is 0.243 e. The minimum absolute atomic E-state index is 0.216. The van der Waals surface area contributed by atoms with E-state index in [0.717, 1.165) is 11.3 Å². The third-order valence-electron chi connectivity index (χ3n) is 4.71. The number of sulfonamides is 1. The van der Waals surface area contributed by atoms with Gasteiger partial charge in [0, 0.05) is 32.7 Å². The van der Waals surface area contributed by atoms with Gasteiger partial charge in [-0.2, -0.15) is 4.31 Å². The molecule has 1 fully saturated rings. The Kier molecular flexibility index (Phi) is 6.49. The number of aliphatic hydroxyl groups excluding tert-OH is 1. The van der Waals surface area contributed by atoms with Gasteiger partial charge in [-0.05, 0) is 30.7 Å². The Labute approximate surface area is 161 Å². The van der Waals surface area contributed by atoms with Gasteiger partial charge >= 0.3 is 0 Å². The molecule has 1 atom stereocenters. The van der Waals surface area contributed by atoms with Crippen molar-refractivity contribution in [3.05, 3.63) is 60.2 Å². The van der Waals surface area contributed by atoms with Crippen LogP contribution in [-0.2, 0) is 10.0 Å². The fourth-order valence-electron chi connectivity index (χ4n) is 3.15. The molecule has 0 saturated carbocycles. The molecule has 0 aliphatic carbocycles. The summed E-state index contributed by atoms with van der Waals surface area (Å²) >= 11 is 0. The zero-order valence-electron chi connectivity index (χ0n) is 15.5. The molecule has 1 aliphatic heterocycles. The molecule has 6 nitrogen and oxygen atoms in total. The summed E-state index contributed by atoms with van der Waals surface area (Å²) < 4.78 is 32.5. The minimum Gasteiger partial charge on any atom is -0.491 e. The number of β-amino-alcohol motifs (C(OH)–C–C–N with tert-alkyl or cyclic N) is 1. The third-order valence-corrected chi connectivity index (χ3v) is 6.62. The summed E-state index contributed by atoms with van der Waals surface area (Å²) in [5, 5.41) is 10.3. The van der Waals surface area contributed by atoms with Gasteiger partial charge in [0.1, 0.15) is 18.5 Å². The zero-order valence-corrected chi connectivity index (χ0v) is 16.3. The number of hydrogen-bond acceptors (Lipinski definition) is 5. The van der Waals surface area contributed by atoms with E-state index in [4.69, 9.17) is 4.74 Å². The molecule has 0 spiro atoms. The first kappa shape index (κ1) is 19.8. The first-order valence-corrected chi connectivity index (χ1v) is 10.5. The number of nitrogens with zero attached hydrogens (tertiary/aromatic N) is 2. The van der Waals surface area contributed by atoms with Crippen LogP contribution < -0.4 is 4.74 Å². The van der Waals surface area contributed by atoms with Crippen LogP contribution in [0.4, 0.5) is 0 Å². The fourth-order valence-corrected chi connectivity index (χ4v) is 4.59. The molecule has 0 radical (unpaired) electrons. The summed E-state index contributed by atoms with van der Waals surface area (Å²) in [6.07, 6.45) is -0.623. The quantitative estimate of drug-likeness (QED) is 0.780. The lowest BCUT2D eigenvalue weighted by molar-refractivity contribution is 0.0567. The highest BCUT2D eigenvalue weighted by molar-refractivity contribution is 7.89. The summed E-state index contributed by atoms with van der Waals surface area (Å²) in [6, 6.07) is 16.2. The van der Waals surface area contributed by atoms with Crippen LogP contribution >= 0.6 is 0 Å². The van der Waals surface area contributed by atoms with Crippen LogP contribution in [0.1, 0.15) is 5.56 Å². The van der Waals surface area contributed by atoms with Gasteiger partial charge in [-0.3, -0.25) is 4.90 Å². The van der Waals surface area contributed by atoms with Gasteiger partial charge < -0.3 is 9.84 Å². The standard InChI is InChI=1S/C20H26N2O4S/c1-17-7-5-6-10-20(17)26-16-18(23)15-21-11-13-22(14-12-21)27(24,25)19-8-3-2-4-9-19/h2-10,18,23H,11-16H2,1H3. The number of para-hydroxylation sites is 1. The van der Waals surface area contributed by atoms with Crippen molar-refractivity contribution < 1.29 is 18.3 Å². The summed E-state index contributed by atoms with van der Waals surface area (Å²) in [5.74, 6) is 0.773. The Morgan fingerprint density at radius 3 is 2.30 bits per heavy atom. The van der Waals surface area contributed by atoms with Crippen LogP contribution in [0.5, 0.6) is 5.75 Å². The predicted octanol–water partition coefficient (Wildman–Crippen LogP) is 1.74. The number of piperazine rings is 1. The predicted molar refractivity (Wildman–Crippen MR) is 104 cm³/mol. The van der Waals surface area contributed by atoms with E-state index in [9.17, 15) is 13.5 Å². The van der Waals surface area contributed by atoms with Gasteiger partial charge in [0.15, 0.2) is 0 Å². The van der Waals surface area contributed by atoms with E-state index in [1.807, 2.05) is 31.2 Å². The molecule has 1 N–H and O–H groups in total. The molecule has 7 heteroatoms. The Bertz CT molecular complexity index is 834. The molecule has 146 valence electrons. The van der Waals surface area contributed by atoms with Gasteiger partial charge in [-0.25, -0.2) is 8.42 Å². The van der Waals surface area contributed by atoms with Crippen LogP contribution in [0.15, 0.2) is 59.5 Å². The number of benzene rings is 2. The Morgan fingerprint density at radius 1 is 1.00 bits per heavy atom. The lowest BCUT2D eigenvalue weighted by Gasteiger charge is -2.34. The van der Waals surface area contributed by atoms with Crippen molar-refractivity contribution in [1.82, 2.24) is 9.21 Å². The van der Waals surface area contributed by atoms with Crippen molar-refractivity contribution in [2.75, 3.05) is 39.3 Å². The molecule has 27 heavy (non-hydrogen) atoms. The maximum absolute atomic E-state index is 12.6. The second kappa shape index (κ2) is 8.84. The molecule has 2 aromatic rings. The summed E-state index contributed by atoms with van der Waals surface area (Å²) in [5.41, 5.74) is 1.03. The smallest absolute Gasteiger partial charge is 0.243 e. The van der Waals surface area contributed by atoms with Crippen LogP contribution in [0.2, 0.25) is 0 Å². The summed E-state index contributed by atoms with van der Waals surface area (Å²) in [6.45, 7) is 4.67. The minimum atomic E-state index is -3.45. The van der Waals surface area contributed by atoms with Crippen LogP contribution in [0.25, 0.3) is 0 Å². The lowest BCUT2D eigenvalue weighted by atomic mass is 10.2. The van der Waals surface area contributed by atoms with Crippen LogP contribution in [-0.4, -0.2) is 68.2 Å². The van der Waals surface area contributed by atoms with Crippen LogP contribution in [0.3, 0.4) is 0 Å². The molecule has 2 aromatic carbocycles. The van der Waals surface area contributed by atoms with Crippen molar-refractivity contribution in [1.29, 1.82) is 0 Å². The molecule has 3 rings (SSSR count). The highest BCUT2D eigenvalue weighted by Crippen LogP contribution is 2.18. The average Bonchev–Trinajstić information content (AvgIpc) is 2.68. The van der Waals surface area contributed by atoms with E-state index in [-0.39, 0.29) is 6.61 Å². The Morgan fingerprint density at radius 2 is 1.63 bits per heavy atom. The van der Waals surface area contributed by atoms with E-state index < -0.39 is 16.1 Å². The first-order chi connectivity index (χ1) is 13.0. The molecule has 0 bridgehead atoms. The van der Waals surface area contributed by atoms with Gasteiger partial charge in [-0.15, -0.1) is 0 Å². The SMILES string of the molecule is Cc1ccccc1OCC(O)CN1CCN(S(=O)(=O)c2ccccc2)CC1. The Hall–Kier alpha value is -1.93. The topological polar surface area (TPSA) is 70.1 Å². The summed E-state index contributed by atoms with van der Waals surface area (Å²) in [7, 11) is -3.45. The number of aliphatic hydroxyl groups is 1. The Balaban J connectivity index is 1.47. The van der Waals surface area contributed by atoms with Crippen molar-refractivity contribution in [2.45, 2.75) is 17.9 Å². The van der Waals surface area contributed by atoms with Gasteiger partial charge in [-0.1, -0.05) is 36.4 Å². The van der Waals surface area contributed by atoms with E-state index in [2.05, 4.69) is 4.90 Å².